The molecule has 1 heterocycles. The van der Waals surface area contributed by atoms with Crippen molar-refractivity contribution in [1.29, 1.82) is 0 Å². The summed E-state index contributed by atoms with van der Waals surface area (Å²) in [5.41, 5.74) is 1.78. The van der Waals surface area contributed by atoms with Gasteiger partial charge in [-0.1, -0.05) is 23.7 Å². The van der Waals surface area contributed by atoms with E-state index in [0.29, 0.717) is 10.9 Å². The molecule has 1 N–H and O–H groups in total. The standard InChI is InChI=1S/C10H8Cl2N2/c11-5-7-6-13-10(14-7)8-3-1-2-4-9(8)12/h1-4,6H,5H2,(H,13,14). The monoisotopic (exact) mass is 226 g/mol. The fourth-order valence-electron chi connectivity index (χ4n) is 1.22. The lowest BCUT2D eigenvalue weighted by atomic mass is 10.2. The van der Waals surface area contributed by atoms with Crippen LogP contribution in [-0.4, -0.2) is 9.97 Å². The molecule has 0 aliphatic carbocycles. The molecule has 2 rings (SSSR count). The maximum atomic E-state index is 6.02. The summed E-state index contributed by atoms with van der Waals surface area (Å²) in [5, 5.41) is 0.683. The molecule has 1 aromatic carbocycles. The first-order valence-corrected chi connectivity index (χ1v) is 5.07. The molecule has 0 aliphatic rings. The number of alkyl halides is 1. The lowest BCUT2D eigenvalue weighted by molar-refractivity contribution is 1.22. The Morgan fingerprint density at radius 1 is 1.29 bits per heavy atom. The molecule has 14 heavy (non-hydrogen) atoms. The van der Waals surface area contributed by atoms with Gasteiger partial charge in [0, 0.05) is 17.5 Å². The van der Waals surface area contributed by atoms with Crippen molar-refractivity contribution < 1.29 is 0 Å². The van der Waals surface area contributed by atoms with Gasteiger partial charge in [0.1, 0.15) is 5.82 Å². The summed E-state index contributed by atoms with van der Waals surface area (Å²) < 4.78 is 0. The fraction of sp³-hybridized carbons (Fsp3) is 0.100. The Kier molecular flexibility index (Phi) is 2.75. The highest BCUT2D eigenvalue weighted by Gasteiger charge is 2.05. The highest BCUT2D eigenvalue weighted by molar-refractivity contribution is 6.33. The third-order valence-electron chi connectivity index (χ3n) is 1.90. The van der Waals surface area contributed by atoms with Gasteiger partial charge in [-0.05, 0) is 12.1 Å². The number of aromatic amines is 1. The quantitative estimate of drug-likeness (QED) is 0.781. The van der Waals surface area contributed by atoms with Crippen LogP contribution in [0.5, 0.6) is 0 Å². The third-order valence-corrected chi connectivity index (χ3v) is 2.52. The van der Waals surface area contributed by atoms with Crippen LogP contribution in [0.3, 0.4) is 0 Å². The zero-order chi connectivity index (χ0) is 9.97. The van der Waals surface area contributed by atoms with Crippen LogP contribution in [0.4, 0.5) is 0 Å². The molecule has 0 atom stereocenters. The Bertz CT molecular complexity index is 437. The molecule has 1 aromatic heterocycles. The van der Waals surface area contributed by atoms with Crippen molar-refractivity contribution in [2.24, 2.45) is 0 Å². The highest BCUT2D eigenvalue weighted by atomic mass is 35.5. The summed E-state index contributed by atoms with van der Waals surface area (Å²) in [6.45, 7) is 0. The van der Waals surface area contributed by atoms with E-state index in [1.54, 1.807) is 6.20 Å². The average molecular weight is 227 g/mol. The van der Waals surface area contributed by atoms with Crippen LogP contribution < -0.4 is 0 Å². The van der Waals surface area contributed by atoms with E-state index in [0.717, 1.165) is 17.1 Å². The number of hydrogen-bond donors (Lipinski definition) is 1. The number of imidazole rings is 1. The van der Waals surface area contributed by atoms with Gasteiger partial charge in [-0.2, -0.15) is 0 Å². The van der Waals surface area contributed by atoms with Gasteiger partial charge in [0.05, 0.1) is 10.9 Å². The van der Waals surface area contributed by atoms with Crippen molar-refractivity contribution in [3.63, 3.8) is 0 Å². The smallest absolute Gasteiger partial charge is 0.139 e. The molecule has 0 bridgehead atoms. The molecule has 0 radical (unpaired) electrons. The fourth-order valence-corrected chi connectivity index (χ4v) is 1.58. The first-order chi connectivity index (χ1) is 6.81. The summed E-state index contributed by atoms with van der Waals surface area (Å²) in [7, 11) is 0. The minimum Gasteiger partial charge on any atom is -0.341 e. The predicted molar refractivity (Wildman–Crippen MR) is 58.6 cm³/mol. The van der Waals surface area contributed by atoms with Gasteiger partial charge in [-0.25, -0.2) is 4.98 Å². The van der Waals surface area contributed by atoms with Crippen molar-refractivity contribution >= 4 is 23.2 Å². The SMILES string of the molecule is ClCc1cnc(-c2ccccc2Cl)[nH]1. The van der Waals surface area contributed by atoms with Gasteiger partial charge in [-0.3, -0.25) is 0 Å². The zero-order valence-corrected chi connectivity index (χ0v) is 8.81. The van der Waals surface area contributed by atoms with Crippen molar-refractivity contribution in [1.82, 2.24) is 9.97 Å². The van der Waals surface area contributed by atoms with Gasteiger partial charge in [-0.15, -0.1) is 11.6 Å². The summed E-state index contributed by atoms with van der Waals surface area (Å²) in [5.74, 6) is 1.18. The molecule has 2 aromatic rings. The molecule has 0 saturated carbocycles. The van der Waals surface area contributed by atoms with Crippen molar-refractivity contribution in [2.75, 3.05) is 0 Å². The van der Waals surface area contributed by atoms with Crippen LogP contribution >= 0.6 is 23.2 Å². The normalized spacial score (nSPS) is 10.4. The summed E-state index contributed by atoms with van der Waals surface area (Å²) in [6, 6.07) is 7.56. The van der Waals surface area contributed by atoms with Crippen LogP contribution in [0, 0.1) is 0 Å². The van der Waals surface area contributed by atoms with E-state index >= 15 is 0 Å². The minimum atomic E-state index is 0.428. The highest BCUT2D eigenvalue weighted by Crippen LogP contribution is 2.24. The number of benzene rings is 1. The maximum absolute atomic E-state index is 6.02. The Balaban J connectivity index is 2.44. The Hall–Kier alpha value is -0.990. The van der Waals surface area contributed by atoms with E-state index in [1.165, 1.54) is 0 Å². The van der Waals surface area contributed by atoms with E-state index in [1.807, 2.05) is 24.3 Å². The lowest BCUT2D eigenvalue weighted by Gasteiger charge is -1.98. The second-order valence-electron chi connectivity index (χ2n) is 2.87. The second-order valence-corrected chi connectivity index (χ2v) is 3.54. The molecule has 72 valence electrons. The van der Waals surface area contributed by atoms with E-state index in [2.05, 4.69) is 9.97 Å². The molecule has 0 unspecified atom stereocenters. The zero-order valence-electron chi connectivity index (χ0n) is 7.30. The number of nitrogens with zero attached hydrogens (tertiary/aromatic N) is 1. The van der Waals surface area contributed by atoms with Crippen molar-refractivity contribution in [3.05, 3.63) is 41.2 Å². The maximum Gasteiger partial charge on any atom is 0.139 e. The van der Waals surface area contributed by atoms with E-state index in [9.17, 15) is 0 Å². The van der Waals surface area contributed by atoms with E-state index in [4.69, 9.17) is 23.2 Å². The van der Waals surface area contributed by atoms with E-state index in [-0.39, 0.29) is 0 Å². The van der Waals surface area contributed by atoms with Crippen LogP contribution in [0.25, 0.3) is 11.4 Å². The van der Waals surface area contributed by atoms with Gasteiger partial charge in [0.25, 0.3) is 0 Å². The number of aromatic nitrogens is 2. The molecule has 0 aliphatic heterocycles. The van der Waals surface area contributed by atoms with Crippen LogP contribution in [0.2, 0.25) is 5.02 Å². The Labute approximate surface area is 91.9 Å². The summed E-state index contributed by atoms with van der Waals surface area (Å²) in [4.78, 5) is 7.29. The van der Waals surface area contributed by atoms with Gasteiger partial charge >= 0.3 is 0 Å². The van der Waals surface area contributed by atoms with E-state index < -0.39 is 0 Å². The largest absolute Gasteiger partial charge is 0.341 e. The van der Waals surface area contributed by atoms with Crippen molar-refractivity contribution in [3.8, 4) is 11.4 Å². The van der Waals surface area contributed by atoms with Gasteiger partial charge in [0.2, 0.25) is 0 Å². The molecular weight excluding hydrogens is 219 g/mol. The van der Waals surface area contributed by atoms with Gasteiger partial charge in [0.15, 0.2) is 0 Å². The number of H-pyrrole nitrogens is 1. The minimum absolute atomic E-state index is 0.428. The molecular formula is C10H8Cl2N2. The second kappa shape index (κ2) is 4.03. The number of halogens is 2. The molecule has 0 amide bonds. The Morgan fingerprint density at radius 2 is 2.07 bits per heavy atom. The lowest BCUT2D eigenvalue weighted by Crippen LogP contribution is -1.82. The third kappa shape index (κ3) is 1.76. The summed E-state index contributed by atoms with van der Waals surface area (Å²) in [6.07, 6.45) is 1.71. The number of rotatable bonds is 2. The summed E-state index contributed by atoms with van der Waals surface area (Å²) >= 11 is 11.7. The molecule has 0 spiro atoms. The topological polar surface area (TPSA) is 28.7 Å². The average Bonchev–Trinajstić information content (AvgIpc) is 2.67. The predicted octanol–water partition coefficient (Wildman–Crippen LogP) is 3.47. The molecule has 4 heteroatoms. The number of nitrogens with one attached hydrogen (secondary N) is 1. The van der Waals surface area contributed by atoms with Crippen molar-refractivity contribution in [2.45, 2.75) is 5.88 Å². The molecule has 2 nitrogen and oxygen atoms in total. The van der Waals surface area contributed by atoms with Crippen LogP contribution in [-0.2, 0) is 5.88 Å². The number of hydrogen-bond acceptors (Lipinski definition) is 1. The molecule has 0 fully saturated rings. The Morgan fingerprint density at radius 3 is 2.71 bits per heavy atom. The first-order valence-electron chi connectivity index (χ1n) is 4.16. The van der Waals surface area contributed by atoms with Crippen LogP contribution in [0.1, 0.15) is 5.69 Å². The van der Waals surface area contributed by atoms with Gasteiger partial charge < -0.3 is 4.98 Å². The van der Waals surface area contributed by atoms with Crippen LogP contribution in [0.15, 0.2) is 30.5 Å². The first kappa shape index (κ1) is 9.56. The molecule has 0 saturated heterocycles.